The molecule has 2 N–H and O–H groups in total. The van der Waals surface area contributed by atoms with E-state index in [4.69, 9.17) is 0 Å². The Labute approximate surface area is 161 Å². The summed E-state index contributed by atoms with van der Waals surface area (Å²) in [7, 11) is 0. The van der Waals surface area contributed by atoms with Crippen LogP contribution < -0.4 is 10.6 Å². The van der Waals surface area contributed by atoms with Crippen LogP contribution in [0.5, 0.6) is 0 Å². The van der Waals surface area contributed by atoms with Crippen LogP contribution in [-0.4, -0.2) is 22.4 Å². The van der Waals surface area contributed by atoms with Crippen LogP contribution >= 0.6 is 11.3 Å². The first-order valence-electron chi connectivity index (χ1n) is 8.64. The van der Waals surface area contributed by atoms with Gasteiger partial charge in [-0.1, -0.05) is 59.9 Å². The number of carbonyl (C=O) groups excluding carboxylic acids is 1. The number of rotatable bonds is 6. The van der Waals surface area contributed by atoms with Gasteiger partial charge in [0.05, 0.1) is 28.5 Å². The van der Waals surface area contributed by atoms with Crippen LogP contribution in [0.2, 0.25) is 0 Å². The maximum absolute atomic E-state index is 12.4. The van der Waals surface area contributed by atoms with Gasteiger partial charge in [-0.15, -0.1) is 0 Å². The second-order valence-corrected chi connectivity index (χ2v) is 7.04. The quantitative estimate of drug-likeness (QED) is 0.535. The average Bonchev–Trinajstić information content (AvgIpc) is 3.12. The van der Waals surface area contributed by atoms with Gasteiger partial charge < -0.3 is 5.32 Å². The van der Waals surface area contributed by atoms with Crippen molar-refractivity contribution in [2.75, 3.05) is 11.9 Å². The maximum Gasteiger partial charge on any atom is 0.240 e. The van der Waals surface area contributed by atoms with Crippen LogP contribution in [0.4, 0.5) is 5.13 Å². The molecule has 0 bridgehead atoms. The molecule has 0 aliphatic carbocycles. The molecule has 1 unspecified atom stereocenters. The molecule has 0 aliphatic rings. The predicted molar refractivity (Wildman–Crippen MR) is 109 cm³/mol. The number of para-hydroxylation sites is 1. The van der Waals surface area contributed by atoms with E-state index in [0.29, 0.717) is 5.13 Å². The predicted octanol–water partition coefficient (Wildman–Crippen LogP) is 4.01. The zero-order valence-corrected chi connectivity index (χ0v) is 15.3. The van der Waals surface area contributed by atoms with Gasteiger partial charge in [0.25, 0.3) is 0 Å². The molecule has 5 nitrogen and oxygen atoms in total. The first-order valence-corrected chi connectivity index (χ1v) is 9.46. The van der Waals surface area contributed by atoms with E-state index < -0.39 is 0 Å². The zero-order chi connectivity index (χ0) is 18.5. The van der Waals surface area contributed by atoms with Gasteiger partial charge in [-0.2, -0.15) is 0 Å². The maximum atomic E-state index is 12.4. The highest BCUT2D eigenvalue weighted by Crippen LogP contribution is 2.25. The molecule has 27 heavy (non-hydrogen) atoms. The van der Waals surface area contributed by atoms with Crippen molar-refractivity contribution in [1.29, 1.82) is 0 Å². The third kappa shape index (κ3) is 4.19. The highest BCUT2D eigenvalue weighted by atomic mass is 32.1. The van der Waals surface area contributed by atoms with E-state index >= 15 is 0 Å². The number of hydrogen-bond acceptors (Lipinski definition) is 5. The smallest absolute Gasteiger partial charge is 0.240 e. The topological polar surface area (TPSA) is 66.9 Å². The number of amides is 1. The Morgan fingerprint density at radius 3 is 2.52 bits per heavy atom. The van der Waals surface area contributed by atoms with Crippen LogP contribution in [0.1, 0.15) is 17.3 Å². The zero-order valence-electron chi connectivity index (χ0n) is 14.5. The Morgan fingerprint density at radius 1 is 0.963 bits per heavy atom. The lowest BCUT2D eigenvalue weighted by molar-refractivity contribution is -0.115. The first kappa shape index (κ1) is 17.3. The number of fused-ring (bicyclic) bond motifs is 1. The molecule has 2 heterocycles. The van der Waals surface area contributed by atoms with Crippen molar-refractivity contribution in [1.82, 2.24) is 15.3 Å². The fourth-order valence-electron chi connectivity index (χ4n) is 2.87. The molecule has 134 valence electrons. The summed E-state index contributed by atoms with van der Waals surface area (Å²) < 4.78 is 1.05. The Kier molecular flexibility index (Phi) is 5.18. The van der Waals surface area contributed by atoms with Crippen molar-refractivity contribution in [3.8, 4) is 0 Å². The van der Waals surface area contributed by atoms with E-state index in [1.807, 2.05) is 72.8 Å². The van der Waals surface area contributed by atoms with E-state index in [0.717, 1.165) is 21.5 Å². The summed E-state index contributed by atoms with van der Waals surface area (Å²) in [5.41, 5.74) is 2.82. The normalized spacial score (nSPS) is 12.0. The Hall–Kier alpha value is -3.09. The first-order chi connectivity index (χ1) is 13.3. The summed E-state index contributed by atoms with van der Waals surface area (Å²) in [6, 6.07) is 23.4. The van der Waals surface area contributed by atoms with Gasteiger partial charge in [0.1, 0.15) is 0 Å². The minimum Gasteiger partial charge on any atom is -0.301 e. The fraction of sp³-hybridized carbons (Fsp3) is 0.0952. The third-order valence-electron chi connectivity index (χ3n) is 4.12. The van der Waals surface area contributed by atoms with Crippen molar-refractivity contribution in [3.05, 3.63) is 90.3 Å². The molecule has 6 heteroatoms. The second kappa shape index (κ2) is 8.07. The molecule has 0 fully saturated rings. The fourth-order valence-corrected chi connectivity index (χ4v) is 3.75. The third-order valence-corrected chi connectivity index (χ3v) is 5.08. The van der Waals surface area contributed by atoms with E-state index in [2.05, 4.69) is 20.6 Å². The summed E-state index contributed by atoms with van der Waals surface area (Å²) in [6.07, 6.45) is 1.76. The number of nitrogens with zero attached hydrogens (tertiary/aromatic N) is 2. The molecule has 2 aromatic carbocycles. The number of anilines is 1. The molecule has 1 amide bonds. The summed E-state index contributed by atoms with van der Waals surface area (Å²) in [6.45, 7) is 0.159. The van der Waals surface area contributed by atoms with Gasteiger partial charge in [0.15, 0.2) is 5.13 Å². The van der Waals surface area contributed by atoms with E-state index in [1.165, 1.54) is 11.3 Å². The van der Waals surface area contributed by atoms with Gasteiger partial charge in [-0.25, -0.2) is 4.98 Å². The van der Waals surface area contributed by atoms with E-state index in [9.17, 15) is 4.79 Å². The van der Waals surface area contributed by atoms with Crippen molar-refractivity contribution >= 4 is 32.6 Å². The van der Waals surface area contributed by atoms with Gasteiger partial charge >= 0.3 is 0 Å². The number of hydrogen-bond donors (Lipinski definition) is 2. The van der Waals surface area contributed by atoms with Gasteiger partial charge in [0.2, 0.25) is 5.91 Å². The van der Waals surface area contributed by atoms with Crippen molar-refractivity contribution < 1.29 is 4.79 Å². The Bertz CT molecular complexity index is 961. The molecular formula is C21H18N4OS. The Morgan fingerprint density at radius 2 is 1.74 bits per heavy atom. The van der Waals surface area contributed by atoms with Gasteiger partial charge in [-0.05, 0) is 29.8 Å². The molecule has 2 aromatic heterocycles. The summed E-state index contributed by atoms with van der Waals surface area (Å²) in [5.74, 6) is -0.133. The molecule has 0 spiro atoms. The Balaban J connectivity index is 1.46. The summed E-state index contributed by atoms with van der Waals surface area (Å²) >= 11 is 1.47. The minimum atomic E-state index is -0.159. The standard InChI is InChI=1S/C21H18N4OS/c26-19(25-21-24-16-10-4-5-12-18(16)27-21)14-23-20(15-8-2-1-3-9-15)17-11-6-7-13-22-17/h1-13,20,23H,14H2,(H,24,25,26). The minimum absolute atomic E-state index is 0.133. The average molecular weight is 374 g/mol. The molecule has 0 aliphatic heterocycles. The molecule has 0 saturated carbocycles. The van der Waals surface area contributed by atoms with Gasteiger partial charge in [0, 0.05) is 6.20 Å². The molecule has 4 aromatic rings. The molecule has 1 atom stereocenters. The lowest BCUT2D eigenvalue weighted by Crippen LogP contribution is -2.32. The summed E-state index contributed by atoms with van der Waals surface area (Å²) in [5, 5.41) is 6.79. The number of nitrogens with one attached hydrogen (secondary N) is 2. The highest BCUT2D eigenvalue weighted by Gasteiger charge is 2.16. The molecular weight excluding hydrogens is 356 g/mol. The van der Waals surface area contributed by atoms with Crippen LogP contribution in [0.25, 0.3) is 10.2 Å². The van der Waals surface area contributed by atoms with Crippen molar-refractivity contribution in [2.45, 2.75) is 6.04 Å². The second-order valence-electron chi connectivity index (χ2n) is 6.01. The van der Waals surface area contributed by atoms with Crippen LogP contribution in [0.3, 0.4) is 0 Å². The monoisotopic (exact) mass is 374 g/mol. The highest BCUT2D eigenvalue weighted by molar-refractivity contribution is 7.22. The van der Waals surface area contributed by atoms with Crippen LogP contribution in [-0.2, 0) is 4.79 Å². The molecule has 4 rings (SSSR count). The van der Waals surface area contributed by atoms with Crippen molar-refractivity contribution in [2.24, 2.45) is 0 Å². The largest absolute Gasteiger partial charge is 0.301 e. The summed E-state index contributed by atoms with van der Waals surface area (Å²) in [4.78, 5) is 21.3. The number of benzene rings is 2. The number of thiazole rings is 1. The molecule has 0 radical (unpaired) electrons. The number of aromatic nitrogens is 2. The van der Waals surface area contributed by atoms with Gasteiger partial charge in [-0.3, -0.25) is 15.1 Å². The number of carbonyl (C=O) groups is 1. The van der Waals surface area contributed by atoms with E-state index in [-0.39, 0.29) is 18.5 Å². The SMILES string of the molecule is O=C(CNC(c1ccccc1)c1ccccn1)Nc1nc2ccccc2s1. The van der Waals surface area contributed by atoms with Crippen LogP contribution in [0, 0.1) is 0 Å². The van der Waals surface area contributed by atoms with Crippen LogP contribution in [0.15, 0.2) is 79.0 Å². The number of pyridine rings is 1. The van der Waals surface area contributed by atoms with E-state index in [1.54, 1.807) is 6.20 Å². The molecule has 0 saturated heterocycles. The lowest BCUT2D eigenvalue weighted by Gasteiger charge is -2.18. The van der Waals surface area contributed by atoms with Crippen molar-refractivity contribution in [3.63, 3.8) is 0 Å². The lowest BCUT2D eigenvalue weighted by atomic mass is 10.0.